The van der Waals surface area contributed by atoms with Crippen LogP contribution in [0.3, 0.4) is 0 Å². The van der Waals surface area contributed by atoms with Crippen LogP contribution in [0, 0.1) is 0 Å². The van der Waals surface area contributed by atoms with Gasteiger partial charge in [-0.05, 0) is 32.4 Å². The average molecular weight is 244 g/mol. The van der Waals surface area contributed by atoms with Crippen molar-refractivity contribution in [2.24, 2.45) is 5.73 Å². The third-order valence-corrected chi connectivity index (χ3v) is 4.02. The number of rotatable bonds is 3. The molecule has 1 aromatic carbocycles. The number of benzene rings is 1. The van der Waals surface area contributed by atoms with E-state index in [9.17, 15) is 0 Å². The summed E-state index contributed by atoms with van der Waals surface area (Å²) in [5, 5.41) is 1.17. The Kier molecular flexibility index (Phi) is 3.10. The van der Waals surface area contributed by atoms with Crippen LogP contribution in [0.4, 0.5) is 0 Å². The summed E-state index contributed by atoms with van der Waals surface area (Å²) in [6.45, 7) is 4.90. The van der Waals surface area contributed by atoms with Gasteiger partial charge in [-0.2, -0.15) is 0 Å². The minimum absolute atomic E-state index is 0.550. The van der Waals surface area contributed by atoms with Gasteiger partial charge >= 0.3 is 0 Å². The Labute approximate surface area is 108 Å². The Morgan fingerprint density at radius 1 is 1.39 bits per heavy atom. The molecular weight excluding hydrogens is 224 g/mol. The fraction of sp³-hybridized carbons (Fsp3) is 0.467. The van der Waals surface area contributed by atoms with E-state index in [1.54, 1.807) is 0 Å². The van der Waals surface area contributed by atoms with Crippen molar-refractivity contribution < 1.29 is 4.42 Å². The number of nitrogens with zero attached hydrogens (tertiary/aromatic N) is 1. The Balaban J connectivity index is 1.95. The quantitative estimate of drug-likeness (QED) is 0.902. The number of hydrogen-bond donors (Lipinski definition) is 1. The second-order valence-corrected chi connectivity index (χ2v) is 5.17. The van der Waals surface area contributed by atoms with Gasteiger partial charge in [-0.1, -0.05) is 18.2 Å². The lowest BCUT2D eigenvalue weighted by atomic mass is 10.1. The largest absolute Gasteiger partial charge is 0.459 e. The highest BCUT2D eigenvalue weighted by Gasteiger charge is 2.23. The van der Waals surface area contributed by atoms with Gasteiger partial charge in [0.05, 0.1) is 6.54 Å². The molecule has 2 aromatic rings. The summed E-state index contributed by atoms with van der Waals surface area (Å²) in [5.74, 6) is 1.05. The molecule has 0 saturated carbocycles. The molecule has 1 aliphatic heterocycles. The van der Waals surface area contributed by atoms with Crippen molar-refractivity contribution in [3.63, 3.8) is 0 Å². The Bertz CT molecular complexity index is 546. The van der Waals surface area contributed by atoms with Gasteiger partial charge in [0.2, 0.25) is 0 Å². The van der Waals surface area contributed by atoms with Gasteiger partial charge in [0.1, 0.15) is 11.3 Å². The highest BCUT2D eigenvalue weighted by Crippen LogP contribution is 2.28. The van der Waals surface area contributed by atoms with Crippen LogP contribution in [-0.2, 0) is 13.1 Å². The van der Waals surface area contributed by atoms with Crippen LogP contribution in [0.1, 0.15) is 31.1 Å². The number of nitrogens with two attached hydrogens (primary N) is 1. The first kappa shape index (κ1) is 11.8. The number of likely N-dealkylation sites (tertiary alicyclic amines) is 1. The van der Waals surface area contributed by atoms with E-state index in [4.69, 9.17) is 10.2 Å². The van der Waals surface area contributed by atoms with Gasteiger partial charge in [0, 0.05) is 23.5 Å². The molecule has 0 amide bonds. The molecule has 1 aliphatic rings. The third-order valence-electron chi connectivity index (χ3n) is 4.02. The topological polar surface area (TPSA) is 42.4 Å². The first-order chi connectivity index (χ1) is 8.79. The molecule has 18 heavy (non-hydrogen) atoms. The zero-order valence-electron chi connectivity index (χ0n) is 10.9. The summed E-state index contributed by atoms with van der Waals surface area (Å²) < 4.78 is 5.98. The molecule has 96 valence electrons. The molecule has 3 rings (SSSR count). The number of fused-ring (bicyclic) bond motifs is 1. The van der Waals surface area contributed by atoms with Crippen molar-refractivity contribution in [3.05, 3.63) is 35.6 Å². The molecule has 1 fully saturated rings. The molecule has 2 heterocycles. The minimum atomic E-state index is 0.550. The van der Waals surface area contributed by atoms with Crippen LogP contribution in [0.25, 0.3) is 11.0 Å². The van der Waals surface area contributed by atoms with E-state index in [1.807, 2.05) is 18.2 Å². The number of furan rings is 1. The van der Waals surface area contributed by atoms with Crippen molar-refractivity contribution >= 4 is 11.0 Å². The van der Waals surface area contributed by atoms with Gasteiger partial charge in [-0.3, -0.25) is 4.90 Å². The zero-order valence-corrected chi connectivity index (χ0v) is 10.9. The summed E-state index contributed by atoms with van der Waals surface area (Å²) in [7, 11) is 0. The fourth-order valence-electron chi connectivity index (χ4n) is 2.91. The summed E-state index contributed by atoms with van der Waals surface area (Å²) in [4.78, 5) is 2.48. The SMILES string of the molecule is CC1CCCN1Cc1oc2ccccc2c1CN. The van der Waals surface area contributed by atoms with Crippen molar-refractivity contribution in [2.45, 2.75) is 38.9 Å². The first-order valence-electron chi connectivity index (χ1n) is 6.73. The highest BCUT2D eigenvalue weighted by atomic mass is 16.3. The van der Waals surface area contributed by atoms with Gasteiger partial charge < -0.3 is 10.2 Å². The van der Waals surface area contributed by atoms with Crippen LogP contribution in [0.2, 0.25) is 0 Å². The predicted molar refractivity (Wildman–Crippen MR) is 73.2 cm³/mol. The predicted octanol–water partition coefficient (Wildman–Crippen LogP) is 2.88. The van der Waals surface area contributed by atoms with E-state index in [0.717, 1.165) is 17.9 Å². The Morgan fingerprint density at radius 2 is 2.22 bits per heavy atom. The molecule has 1 saturated heterocycles. The van der Waals surface area contributed by atoms with Crippen molar-refractivity contribution in [2.75, 3.05) is 6.54 Å². The molecule has 0 aliphatic carbocycles. The highest BCUT2D eigenvalue weighted by molar-refractivity contribution is 5.82. The van der Waals surface area contributed by atoms with E-state index < -0.39 is 0 Å². The third kappa shape index (κ3) is 1.93. The van der Waals surface area contributed by atoms with Gasteiger partial charge in [-0.15, -0.1) is 0 Å². The molecule has 3 nitrogen and oxygen atoms in total. The maximum atomic E-state index is 5.98. The standard InChI is InChI=1S/C15H20N2O/c1-11-5-4-8-17(11)10-15-13(9-16)12-6-2-3-7-14(12)18-15/h2-3,6-7,11H,4-5,8-10,16H2,1H3. The van der Waals surface area contributed by atoms with Crippen LogP contribution in [0.5, 0.6) is 0 Å². The lowest BCUT2D eigenvalue weighted by Gasteiger charge is -2.19. The summed E-state index contributed by atoms with van der Waals surface area (Å²) >= 11 is 0. The first-order valence-corrected chi connectivity index (χ1v) is 6.73. The normalized spacial score (nSPS) is 20.9. The lowest BCUT2D eigenvalue weighted by Crippen LogP contribution is -2.26. The summed E-state index contributed by atoms with van der Waals surface area (Å²) in [5.41, 5.74) is 8.02. The van der Waals surface area contributed by atoms with Crippen LogP contribution in [-0.4, -0.2) is 17.5 Å². The molecule has 1 atom stereocenters. The summed E-state index contributed by atoms with van der Waals surface area (Å²) in [6, 6.07) is 8.82. The zero-order chi connectivity index (χ0) is 12.5. The lowest BCUT2D eigenvalue weighted by molar-refractivity contribution is 0.240. The maximum absolute atomic E-state index is 5.98. The molecule has 3 heteroatoms. The van der Waals surface area contributed by atoms with E-state index in [0.29, 0.717) is 12.6 Å². The molecule has 1 unspecified atom stereocenters. The molecule has 0 radical (unpaired) electrons. The number of para-hydroxylation sites is 1. The number of hydrogen-bond acceptors (Lipinski definition) is 3. The van der Waals surface area contributed by atoms with E-state index in [1.165, 1.54) is 30.3 Å². The Hall–Kier alpha value is -1.32. The maximum Gasteiger partial charge on any atom is 0.134 e. The smallest absolute Gasteiger partial charge is 0.134 e. The molecule has 0 spiro atoms. The van der Waals surface area contributed by atoms with Gasteiger partial charge in [0.15, 0.2) is 0 Å². The van der Waals surface area contributed by atoms with Gasteiger partial charge in [0.25, 0.3) is 0 Å². The van der Waals surface area contributed by atoms with Crippen LogP contribution in [0.15, 0.2) is 28.7 Å². The monoisotopic (exact) mass is 244 g/mol. The molecule has 2 N–H and O–H groups in total. The second-order valence-electron chi connectivity index (χ2n) is 5.17. The summed E-state index contributed by atoms with van der Waals surface area (Å²) in [6.07, 6.45) is 2.58. The molecular formula is C15H20N2O. The van der Waals surface area contributed by atoms with Gasteiger partial charge in [-0.25, -0.2) is 0 Å². The van der Waals surface area contributed by atoms with Crippen molar-refractivity contribution in [1.82, 2.24) is 4.90 Å². The molecule has 0 bridgehead atoms. The minimum Gasteiger partial charge on any atom is -0.459 e. The second kappa shape index (κ2) is 4.75. The fourth-order valence-corrected chi connectivity index (χ4v) is 2.91. The van der Waals surface area contributed by atoms with Crippen LogP contribution >= 0.6 is 0 Å². The van der Waals surface area contributed by atoms with Crippen molar-refractivity contribution in [1.29, 1.82) is 0 Å². The van der Waals surface area contributed by atoms with E-state index in [-0.39, 0.29) is 0 Å². The van der Waals surface area contributed by atoms with Crippen LogP contribution < -0.4 is 5.73 Å². The van der Waals surface area contributed by atoms with E-state index >= 15 is 0 Å². The van der Waals surface area contributed by atoms with Crippen molar-refractivity contribution in [3.8, 4) is 0 Å². The average Bonchev–Trinajstić information content (AvgIpc) is 2.93. The molecule has 1 aromatic heterocycles. The van der Waals surface area contributed by atoms with E-state index in [2.05, 4.69) is 17.9 Å². The Morgan fingerprint density at radius 3 is 2.94 bits per heavy atom.